The summed E-state index contributed by atoms with van der Waals surface area (Å²) < 4.78 is 56.6. The number of fused-ring (bicyclic) bond motifs is 1. The summed E-state index contributed by atoms with van der Waals surface area (Å²) in [5, 5.41) is 6.17. The molecule has 0 fully saturated rings. The average molecular weight is 528 g/mol. The molecule has 2 aromatic carbocycles. The summed E-state index contributed by atoms with van der Waals surface area (Å²) >= 11 is 0. The highest BCUT2D eigenvalue weighted by Crippen LogP contribution is 2.36. The second-order valence-electron chi connectivity index (χ2n) is 9.95. The number of pyridine rings is 1. The summed E-state index contributed by atoms with van der Waals surface area (Å²) in [7, 11) is 0. The summed E-state index contributed by atoms with van der Waals surface area (Å²) in [5.74, 6) is -2.62. The zero-order valence-electron chi connectivity index (χ0n) is 21.1. The van der Waals surface area contributed by atoms with Gasteiger partial charge in [0.1, 0.15) is 11.5 Å². The molecule has 0 atom stereocenters. The summed E-state index contributed by atoms with van der Waals surface area (Å²) in [5.41, 5.74) is 4.76. The molecule has 0 unspecified atom stereocenters. The Morgan fingerprint density at radius 3 is 2.26 bits per heavy atom. The maximum Gasteiger partial charge on any atom is 0.437 e. The fraction of sp³-hybridized carbons (Fsp3) is 0.259. The number of amides is 2. The van der Waals surface area contributed by atoms with Gasteiger partial charge >= 0.3 is 6.18 Å². The minimum atomic E-state index is -4.87. The van der Waals surface area contributed by atoms with E-state index in [-0.39, 0.29) is 34.1 Å². The van der Waals surface area contributed by atoms with Crippen molar-refractivity contribution in [3.63, 3.8) is 0 Å². The number of nitrogens with two attached hydrogens (primary N) is 1. The van der Waals surface area contributed by atoms with Crippen molar-refractivity contribution >= 4 is 28.4 Å². The molecule has 0 aliphatic heterocycles. The molecule has 0 aliphatic carbocycles. The van der Waals surface area contributed by atoms with Gasteiger partial charge in [0.05, 0.1) is 29.0 Å². The SMILES string of the molecule is Cc1c(NC(=O)c2cc(C(N)=O)c3ccc(F)cc3n2)c(C(F)(F)F)nn1Cc1ccc(C(C)(C)C)cc1. The lowest BCUT2D eigenvalue weighted by molar-refractivity contribution is -0.140. The standard InChI is InChI=1S/C27H25F4N5O2/c1-14-22(34-25(38)21-12-19(24(32)37)18-10-9-17(28)11-20(18)33-21)23(27(29,30)31)35-36(14)13-15-5-7-16(8-6-15)26(2,3)4/h5-12H,13H2,1-4H3,(H2,32,37)(H,34,38). The number of benzene rings is 2. The Labute approximate surface area is 215 Å². The minimum absolute atomic E-state index is 0.0362. The molecule has 0 radical (unpaired) electrons. The third kappa shape index (κ3) is 5.36. The van der Waals surface area contributed by atoms with Gasteiger partial charge in [-0.25, -0.2) is 9.37 Å². The molecular formula is C27H25F4N5O2. The van der Waals surface area contributed by atoms with Crippen LogP contribution in [0.5, 0.6) is 0 Å². The number of nitrogens with one attached hydrogen (secondary N) is 1. The van der Waals surface area contributed by atoms with Crippen LogP contribution in [0.1, 0.15) is 64.1 Å². The Morgan fingerprint density at radius 2 is 1.68 bits per heavy atom. The van der Waals surface area contributed by atoms with E-state index in [0.717, 1.165) is 34.0 Å². The topological polar surface area (TPSA) is 103 Å². The highest BCUT2D eigenvalue weighted by atomic mass is 19.4. The monoisotopic (exact) mass is 527 g/mol. The molecule has 4 rings (SSSR count). The molecule has 2 heterocycles. The maximum absolute atomic E-state index is 13.9. The number of primary amides is 1. The minimum Gasteiger partial charge on any atom is -0.366 e. The number of nitrogens with zero attached hydrogens (tertiary/aromatic N) is 3. The van der Waals surface area contributed by atoms with Gasteiger partial charge in [0.25, 0.3) is 5.91 Å². The van der Waals surface area contributed by atoms with Gasteiger partial charge in [0.15, 0.2) is 5.69 Å². The molecule has 38 heavy (non-hydrogen) atoms. The number of carbonyl (C=O) groups is 2. The molecule has 0 saturated heterocycles. The van der Waals surface area contributed by atoms with E-state index in [1.54, 1.807) is 0 Å². The molecule has 11 heteroatoms. The number of hydrogen-bond acceptors (Lipinski definition) is 4. The molecule has 0 aliphatic rings. The molecular weight excluding hydrogens is 502 g/mol. The lowest BCUT2D eigenvalue weighted by atomic mass is 9.87. The van der Waals surface area contributed by atoms with Crippen LogP contribution in [0.15, 0.2) is 48.5 Å². The first-order valence-electron chi connectivity index (χ1n) is 11.6. The molecule has 0 bridgehead atoms. The first-order valence-corrected chi connectivity index (χ1v) is 11.6. The fourth-order valence-electron chi connectivity index (χ4n) is 4.03. The van der Waals surface area contributed by atoms with Gasteiger partial charge in [0, 0.05) is 11.5 Å². The number of hydrogen-bond donors (Lipinski definition) is 2. The highest BCUT2D eigenvalue weighted by Gasteiger charge is 2.39. The van der Waals surface area contributed by atoms with Crippen molar-refractivity contribution in [2.24, 2.45) is 5.73 Å². The van der Waals surface area contributed by atoms with Gasteiger partial charge in [-0.3, -0.25) is 14.3 Å². The van der Waals surface area contributed by atoms with Crippen LogP contribution >= 0.6 is 0 Å². The van der Waals surface area contributed by atoms with Crippen molar-refractivity contribution in [3.8, 4) is 0 Å². The number of alkyl halides is 3. The largest absolute Gasteiger partial charge is 0.437 e. The predicted octanol–water partition coefficient (Wildman–Crippen LogP) is 5.59. The van der Waals surface area contributed by atoms with Crippen molar-refractivity contribution in [3.05, 3.63) is 88.1 Å². The molecule has 4 aromatic rings. The Balaban J connectivity index is 1.71. The van der Waals surface area contributed by atoms with E-state index in [2.05, 4.69) is 36.2 Å². The average Bonchev–Trinajstić information content (AvgIpc) is 3.13. The van der Waals surface area contributed by atoms with Crippen LogP contribution in [-0.4, -0.2) is 26.6 Å². The molecule has 198 valence electrons. The van der Waals surface area contributed by atoms with Crippen LogP contribution in [-0.2, 0) is 18.1 Å². The summed E-state index contributed by atoms with van der Waals surface area (Å²) in [6.45, 7) is 7.60. The second-order valence-corrected chi connectivity index (χ2v) is 9.95. The molecule has 0 spiro atoms. The van der Waals surface area contributed by atoms with Crippen LogP contribution in [0, 0.1) is 12.7 Å². The summed E-state index contributed by atoms with van der Waals surface area (Å²) in [6, 6.07) is 11.9. The van der Waals surface area contributed by atoms with Gasteiger partial charge in [-0.2, -0.15) is 18.3 Å². The Bertz CT molecular complexity index is 1550. The third-order valence-corrected chi connectivity index (χ3v) is 6.14. The Morgan fingerprint density at radius 1 is 1.03 bits per heavy atom. The second kappa shape index (κ2) is 9.55. The van der Waals surface area contributed by atoms with Gasteiger partial charge in [-0.05, 0) is 41.7 Å². The molecule has 2 aromatic heterocycles. The van der Waals surface area contributed by atoms with Crippen molar-refractivity contribution in [1.82, 2.24) is 14.8 Å². The van der Waals surface area contributed by atoms with Crippen LogP contribution in [0.3, 0.4) is 0 Å². The van der Waals surface area contributed by atoms with Gasteiger partial charge < -0.3 is 11.1 Å². The third-order valence-electron chi connectivity index (χ3n) is 6.14. The highest BCUT2D eigenvalue weighted by molar-refractivity contribution is 6.10. The van der Waals surface area contributed by atoms with E-state index in [9.17, 15) is 27.2 Å². The maximum atomic E-state index is 13.9. The summed E-state index contributed by atoms with van der Waals surface area (Å²) in [4.78, 5) is 29.0. The number of carbonyl (C=O) groups excluding carboxylic acids is 2. The number of anilines is 1. The van der Waals surface area contributed by atoms with Crippen LogP contribution in [0.25, 0.3) is 10.9 Å². The molecule has 2 amide bonds. The Kier molecular flexibility index (Phi) is 6.73. The summed E-state index contributed by atoms with van der Waals surface area (Å²) in [6.07, 6.45) is -4.87. The first-order chi connectivity index (χ1) is 17.6. The normalized spacial score (nSPS) is 12.1. The van der Waals surface area contributed by atoms with E-state index in [1.807, 2.05) is 24.3 Å². The molecule has 0 saturated carbocycles. The van der Waals surface area contributed by atoms with Crippen molar-refractivity contribution in [1.29, 1.82) is 0 Å². The Hall–Kier alpha value is -4.28. The van der Waals surface area contributed by atoms with Crippen LogP contribution in [0.4, 0.5) is 23.2 Å². The van der Waals surface area contributed by atoms with Crippen molar-refractivity contribution in [2.45, 2.75) is 45.8 Å². The molecule has 3 N–H and O–H groups in total. The lowest BCUT2D eigenvalue weighted by Gasteiger charge is -2.19. The van der Waals surface area contributed by atoms with E-state index in [1.165, 1.54) is 13.0 Å². The van der Waals surface area contributed by atoms with E-state index in [4.69, 9.17) is 5.73 Å². The van der Waals surface area contributed by atoms with Gasteiger partial charge in [-0.15, -0.1) is 0 Å². The lowest BCUT2D eigenvalue weighted by Crippen LogP contribution is -2.19. The van der Waals surface area contributed by atoms with Gasteiger partial charge in [-0.1, -0.05) is 45.0 Å². The van der Waals surface area contributed by atoms with Crippen molar-refractivity contribution < 1.29 is 27.2 Å². The van der Waals surface area contributed by atoms with E-state index >= 15 is 0 Å². The van der Waals surface area contributed by atoms with E-state index in [0.29, 0.717) is 0 Å². The van der Waals surface area contributed by atoms with Crippen LogP contribution in [0.2, 0.25) is 0 Å². The van der Waals surface area contributed by atoms with Crippen LogP contribution < -0.4 is 11.1 Å². The molecule has 7 nitrogen and oxygen atoms in total. The quantitative estimate of drug-likeness (QED) is 0.330. The fourth-order valence-corrected chi connectivity index (χ4v) is 4.03. The zero-order valence-corrected chi connectivity index (χ0v) is 21.1. The smallest absolute Gasteiger partial charge is 0.366 e. The van der Waals surface area contributed by atoms with Crippen molar-refractivity contribution in [2.75, 3.05) is 5.32 Å². The number of rotatable bonds is 5. The van der Waals surface area contributed by atoms with Gasteiger partial charge in [0.2, 0.25) is 5.91 Å². The van der Waals surface area contributed by atoms with E-state index < -0.39 is 40.9 Å². The predicted molar refractivity (Wildman–Crippen MR) is 134 cm³/mol. The first kappa shape index (κ1) is 26.8. The number of aromatic nitrogens is 3. The zero-order chi connectivity index (χ0) is 28.0. The number of halogens is 4.